The molecule has 0 radical (unpaired) electrons. The second-order valence-corrected chi connectivity index (χ2v) is 9.07. The number of aryl methyl sites for hydroxylation is 2. The lowest BCUT2D eigenvalue weighted by atomic mass is 10.1. The molecule has 0 spiro atoms. The summed E-state index contributed by atoms with van der Waals surface area (Å²) in [6.07, 6.45) is 0.980. The quantitative estimate of drug-likeness (QED) is 0.254. The van der Waals surface area contributed by atoms with Crippen LogP contribution >= 0.6 is 35.3 Å². The molecule has 4 aromatic rings. The molecule has 0 fully saturated rings. The highest BCUT2D eigenvalue weighted by molar-refractivity contribution is 7.98. The molecule has 1 N–H and O–H groups in total. The number of thiazole rings is 1. The maximum atomic E-state index is 12.6. The minimum atomic E-state index is -0.141. The van der Waals surface area contributed by atoms with E-state index in [-0.39, 0.29) is 5.56 Å². The van der Waals surface area contributed by atoms with Crippen molar-refractivity contribution in [1.29, 1.82) is 0 Å². The third-order valence-electron chi connectivity index (χ3n) is 4.65. The number of nitrogens with one attached hydrogen (secondary N) is 1. The molecule has 0 amide bonds. The van der Waals surface area contributed by atoms with E-state index in [1.54, 1.807) is 0 Å². The molecule has 0 bridgehead atoms. The lowest BCUT2D eigenvalue weighted by Gasteiger charge is -2.07. The van der Waals surface area contributed by atoms with Gasteiger partial charge in [0.25, 0.3) is 5.56 Å². The van der Waals surface area contributed by atoms with Gasteiger partial charge in [0.15, 0.2) is 14.8 Å². The van der Waals surface area contributed by atoms with Gasteiger partial charge in [-0.3, -0.25) is 9.36 Å². The van der Waals surface area contributed by atoms with Crippen molar-refractivity contribution >= 4 is 45.7 Å². The molecule has 4 nitrogen and oxygen atoms in total. The monoisotopic (exact) mass is 425 g/mol. The summed E-state index contributed by atoms with van der Waals surface area (Å²) in [5, 5.41) is 0.604. The molecule has 0 atom stereocenters. The number of H-pyrrole nitrogens is 1. The maximum absolute atomic E-state index is 12.6. The van der Waals surface area contributed by atoms with E-state index in [9.17, 15) is 4.79 Å². The van der Waals surface area contributed by atoms with Crippen molar-refractivity contribution in [2.75, 3.05) is 0 Å². The Morgan fingerprint density at radius 2 is 1.93 bits per heavy atom. The summed E-state index contributed by atoms with van der Waals surface area (Å²) in [6, 6.07) is 16.5. The molecule has 0 aliphatic heterocycles. The van der Waals surface area contributed by atoms with E-state index in [1.165, 1.54) is 39.8 Å². The first kappa shape index (κ1) is 19.1. The average Bonchev–Trinajstić information content (AvgIpc) is 3.04. The van der Waals surface area contributed by atoms with Crippen LogP contribution < -0.4 is 5.56 Å². The van der Waals surface area contributed by atoms with Crippen LogP contribution in [0.2, 0.25) is 0 Å². The van der Waals surface area contributed by atoms with Gasteiger partial charge in [0.2, 0.25) is 0 Å². The Balaban J connectivity index is 1.75. The normalized spacial score (nSPS) is 11.2. The zero-order valence-electron chi connectivity index (χ0n) is 15.6. The predicted octanol–water partition coefficient (Wildman–Crippen LogP) is 5.67. The number of aromatic nitrogens is 3. The smallest absolute Gasteiger partial charge is 0.271 e. The molecule has 0 saturated heterocycles. The van der Waals surface area contributed by atoms with Gasteiger partial charge in [0.1, 0.15) is 4.70 Å². The van der Waals surface area contributed by atoms with E-state index in [0.717, 1.165) is 17.9 Å². The summed E-state index contributed by atoms with van der Waals surface area (Å²) < 4.78 is 3.07. The topological polar surface area (TPSA) is 50.7 Å². The number of hydrogen-bond donors (Lipinski definition) is 1. The lowest BCUT2D eigenvalue weighted by Crippen LogP contribution is -2.09. The molecule has 0 aliphatic rings. The number of aromatic amines is 1. The molecule has 4 rings (SSSR count). The molecule has 142 valence electrons. The van der Waals surface area contributed by atoms with Gasteiger partial charge in [-0.15, -0.1) is 0 Å². The Kier molecular flexibility index (Phi) is 5.48. The van der Waals surface area contributed by atoms with Crippen LogP contribution in [0.15, 0.2) is 58.5 Å². The van der Waals surface area contributed by atoms with E-state index >= 15 is 0 Å². The molecular weight excluding hydrogens is 406 g/mol. The number of fused-ring (bicyclic) bond motifs is 1. The molecule has 7 heteroatoms. The van der Waals surface area contributed by atoms with Crippen LogP contribution in [0.5, 0.6) is 0 Å². The number of hydrogen-bond acceptors (Lipinski definition) is 5. The number of thioether (sulfide) groups is 1. The standard InChI is InChI=1S/C21H19N3OS3/c1-3-14-8-10-16(11-9-14)24-18-17(28-21(24)26)19(25)23-20(22-18)27-12-15-7-5-4-6-13(15)2/h4-11H,3,12H2,1-2H3,(H,22,23,25). The van der Waals surface area contributed by atoms with Gasteiger partial charge in [-0.1, -0.05) is 66.4 Å². The van der Waals surface area contributed by atoms with Crippen molar-refractivity contribution in [3.63, 3.8) is 0 Å². The number of benzene rings is 2. The van der Waals surface area contributed by atoms with Crippen molar-refractivity contribution < 1.29 is 0 Å². The van der Waals surface area contributed by atoms with Crippen LogP contribution in [0.1, 0.15) is 23.6 Å². The SMILES string of the molecule is CCc1ccc(-n2c(=S)sc3c(=O)[nH]c(SCc4ccccc4C)nc32)cc1. The Morgan fingerprint density at radius 3 is 2.64 bits per heavy atom. The molecule has 2 heterocycles. The zero-order valence-corrected chi connectivity index (χ0v) is 18.0. The first-order valence-corrected chi connectivity index (χ1v) is 11.2. The van der Waals surface area contributed by atoms with Crippen LogP contribution in [-0.4, -0.2) is 14.5 Å². The highest BCUT2D eigenvalue weighted by atomic mass is 32.2. The van der Waals surface area contributed by atoms with Crippen molar-refractivity contribution in [3.8, 4) is 5.69 Å². The fourth-order valence-electron chi connectivity index (χ4n) is 2.99. The Labute approximate surface area is 176 Å². The number of nitrogens with zero attached hydrogens (tertiary/aromatic N) is 2. The molecule has 2 aromatic heterocycles. The summed E-state index contributed by atoms with van der Waals surface area (Å²) in [5.41, 5.74) is 5.13. The fourth-order valence-corrected chi connectivity index (χ4v) is 5.19. The van der Waals surface area contributed by atoms with Gasteiger partial charge in [-0.25, -0.2) is 4.98 Å². The van der Waals surface area contributed by atoms with Gasteiger partial charge in [-0.2, -0.15) is 0 Å². The minimum absolute atomic E-state index is 0.141. The summed E-state index contributed by atoms with van der Waals surface area (Å²) >= 11 is 8.36. The fraction of sp³-hybridized carbons (Fsp3) is 0.190. The molecule has 0 unspecified atom stereocenters. The van der Waals surface area contributed by atoms with Crippen LogP contribution in [-0.2, 0) is 12.2 Å². The summed E-state index contributed by atoms with van der Waals surface area (Å²) in [6.45, 7) is 4.21. The van der Waals surface area contributed by atoms with E-state index < -0.39 is 0 Å². The largest absolute Gasteiger partial charge is 0.300 e. The van der Waals surface area contributed by atoms with Crippen molar-refractivity contribution in [2.45, 2.75) is 31.2 Å². The highest BCUT2D eigenvalue weighted by Crippen LogP contribution is 2.26. The molecular formula is C21H19N3OS3. The molecule has 0 saturated carbocycles. The summed E-state index contributed by atoms with van der Waals surface area (Å²) in [7, 11) is 0. The second kappa shape index (κ2) is 8.03. The zero-order chi connectivity index (χ0) is 19.7. The summed E-state index contributed by atoms with van der Waals surface area (Å²) in [5.74, 6) is 0.747. The van der Waals surface area contributed by atoms with Gasteiger partial charge in [-0.05, 0) is 54.4 Å². The summed E-state index contributed by atoms with van der Waals surface area (Å²) in [4.78, 5) is 20.2. The van der Waals surface area contributed by atoms with Crippen LogP contribution in [0.3, 0.4) is 0 Å². The minimum Gasteiger partial charge on any atom is -0.300 e. The third-order valence-corrected chi connectivity index (χ3v) is 6.93. The van der Waals surface area contributed by atoms with Crippen LogP contribution in [0.4, 0.5) is 0 Å². The van der Waals surface area contributed by atoms with Crippen molar-refractivity contribution in [1.82, 2.24) is 14.5 Å². The van der Waals surface area contributed by atoms with Crippen molar-refractivity contribution in [3.05, 3.63) is 79.5 Å². The van der Waals surface area contributed by atoms with Gasteiger partial charge >= 0.3 is 0 Å². The number of rotatable bonds is 5. The second-order valence-electron chi connectivity index (χ2n) is 6.46. The highest BCUT2D eigenvalue weighted by Gasteiger charge is 2.14. The Morgan fingerprint density at radius 1 is 1.18 bits per heavy atom. The lowest BCUT2D eigenvalue weighted by molar-refractivity contribution is 0.942. The van der Waals surface area contributed by atoms with E-state index in [1.807, 2.05) is 28.8 Å². The van der Waals surface area contributed by atoms with E-state index in [0.29, 0.717) is 19.5 Å². The maximum Gasteiger partial charge on any atom is 0.271 e. The van der Waals surface area contributed by atoms with Gasteiger partial charge in [0.05, 0.1) is 0 Å². The van der Waals surface area contributed by atoms with Crippen molar-refractivity contribution in [2.24, 2.45) is 0 Å². The molecule has 0 aliphatic carbocycles. The predicted molar refractivity (Wildman–Crippen MR) is 121 cm³/mol. The Bertz CT molecular complexity index is 1250. The third kappa shape index (κ3) is 3.70. The van der Waals surface area contributed by atoms with Crippen LogP contribution in [0.25, 0.3) is 16.0 Å². The first-order chi connectivity index (χ1) is 13.6. The van der Waals surface area contributed by atoms with Gasteiger partial charge in [0, 0.05) is 11.4 Å². The Hall–Kier alpha value is -2.22. The molecule has 2 aromatic carbocycles. The van der Waals surface area contributed by atoms with E-state index in [4.69, 9.17) is 17.2 Å². The van der Waals surface area contributed by atoms with Gasteiger partial charge < -0.3 is 4.98 Å². The average molecular weight is 426 g/mol. The van der Waals surface area contributed by atoms with E-state index in [2.05, 4.69) is 43.1 Å². The molecule has 28 heavy (non-hydrogen) atoms. The first-order valence-electron chi connectivity index (χ1n) is 8.99. The van der Waals surface area contributed by atoms with Crippen LogP contribution in [0, 0.1) is 10.9 Å².